The number of hydrogen-bond donors (Lipinski definition) is 0. The molecule has 2 aromatic carbocycles. The average Bonchev–Trinajstić information content (AvgIpc) is 3.18. The molecule has 152 valence electrons. The molecule has 0 spiro atoms. The van der Waals surface area contributed by atoms with Crippen molar-refractivity contribution in [3.05, 3.63) is 72.9 Å². The van der Waals surface area contributed by atoms with E-state index in [9.17, 15) is 9.18 Å². The lowest BCUT2D eigenvalue weighted by Crippen LogP contribution is -2.17. The highest BCUT2D eigenvalue weighted by Crippen LogP contribution is 2.38. The first-order valence-corrected chi connectivity index (χ1v) is 10.4. The van der Waals surface area contributed by atoms with Gasteiger partial charge < -0.3 is 9.30 Å². The molecule has 2 heterocycles. The SMILES string of the molecule is CC[C@H](Sc1ncnc2c1c(-c1ccccc1)cn2-c1ccc(F)cc1)C(=O)OC. The minimum Gasteiger partial charge on any atom is -0.468 e. The summed E-state index contributed by atoms with van der Waals surface area (Å²) in [5.74, 6) is -0.582. The molecule has 4 aromatic rings. The van der Waals surface area contributed by atoms with Crippen LogP contribution in [0.2, 0.25) is 0 Å². The summed E-state index contributed by atoms with van der Waals surface area (Å²) in [4.78, 5) is 21.2. The third-order valence-electron chi connectivity index (χ3n) is 4.83. The van der Waals surface area contributed by atoms with Crippen molar-refractivity contribution in [2.75, 3.05) is 7.11 Å². The number of esters is 1. The number of aromatic nitrogens is 3. The number of thioether (sulfide) groups is 1. The largest absolute Gasteiger partial charge is 0.468 e. The topological polar surface area (TPSA) is 57.0 Å². The van der Waals surface area contributed by atoms with Crippen LogP contribution in [-0.4, -0.2) is 32.9 Å². The summed E-state index contributed by atoms with van der Waals surface area (Å²) in [6, 6.07) is 16.2. The summed E-state index contributed by atoms with van der Waals surface area (Å²) in [5.41, 5.74) is 3.43. The third-order valence-corrected chi connectivity index (χ3v) is 6.17. The fourth-order valence-electron chi connectivity index (χ4n) is 3.32. The number of methoxy groups -OCH3 is 1. The Bertz CT molecular complexity index is 1180. The van der Waals surface area contributed by atoms with Gasteiger partial charge in [-0.15, -0.1) is 0 Å². The second-order valence-electron chi connectivity index (χ2n) is 6.67. The van der Waals surface area contributed by atoms with E-state index in [1.165, 1.54) is 37.3 Å². The molecule has 0 N–H and O–H groups in total. The summed E-state index contributed by atoms with van der Waals surface area (Å²) < 4.78 is 20.3. The highest BCUT2D eigenvalue weighted by atomic mass is 32.2. The van der Waals surface area contributed by atoms with Crippen molar-refractivity contribution in [3.8, 4) is 16.8 Å². The van der Waals surface area contributed by atoms with Crippen LogP contribution in [0, 0.1) is 5.82 Å². The van der Waals surface area contributed by atoms with Gasteiger partial charge >= 0.3 is 5.97 Å². The van der Waals surface area contributed by atoms with E-state index in [-0.39, 0.29) is 17.0 Å². The van der Waals surface area contributed by atoms with Crippen LogP contribution in [0.25, 0.3) is 27.8 Å². The molecule has 0 saturated heterocycles. The smallest absolute Gasteiger partial charge is 0.319 e. The normalized spacial score (nSPS) is 12.1. The van der Waals surface area contributed by atoms with Gasteiger partial charge in [-0.25, -0.2) is 14.4 Å². The van der Waals surface area contributed by atoms with E-state index in [1.54, 1.807) is 12.1 Å². The van der Waals surface area contributed by atoms with Crippen molar-refractivity contribution in [3.63, 3.8) is 0 Å². The zero-order chi connectivity index (χ0) is 21.1. The summed E-state index contributed by atoms with van der Waals surface area (Å²) >= 11 is 1.37. The molecule has 0 aliphatic heterocycles. The van der Waals surface area contributed by atoms with Crippen LogP contribution in [0.4, 0.5) is 4.39 Å². The lowest BCUT2D eigenvalue weighted by Gasteiger charge is -2.12. The van der Waals surface area contributed by atoms with E-state index in [1.807, 2.05) is 48.0 Å². The van der Waals surface area contributed by atoms with E-state index in [0.29, 0.717) is 17.1 Å². The van der Waals surface area contributed by atoms with Gasteiger partial charge in [-0.05, 0) is 36.2 Å². The van der Waals surface area contributed by atoms with Crippen LogP contribution < -0.4 is 0 Å². The molecule has 4 rings (SSSR count). The number of hydrogen-bond acceptors (Lipinski definition) is 5. The zero-order valence-electron chi connectivity index (χ0n) is 16.6. The number of carbonyl (C=O) groups excluding carboxylic acids is 1. The molecular weight excluding hydrogens is 401 g/mol. The average molecular weight is 421 g/mol. The third kappa shape index (κ3) is 3.80. The molecule has 0 unspecified atom stereocenters. The Balaban J connectivity index is 1.93. The van der Waals surface area contributed by atoms with E-state index < -0.39 is 0 Å². The van der Waals surface area contributed by atoms with Gasteiger partial charge in [-0.2, -0.15) is 0 Å². The van der Waals surface area contributed by atoms with Gasteiger partial charge in [0.25, 0.3) is 0 Å². The van der Waals surface area contributed by atoms with E-state index >= 15 is 0 Å². The van der Waals surface area contributed by atoms with Gasteiger partial charge in [-0.1, -0.05) is 49.0 Å². The van der Waals surface area contributed by atoms with Gasteiger partial charge in [0.15, 0.2) is 0 Å². The summed E-state index contributed by atoms with van der Waals surface area (Å²) in [6.45, 7) is 1.94. The van der Waals surface area contributed by atoms with Gasteiger partial charge in [-0.3, -0.25) is 4.79 Å². The predicted octanol–water partition coefficient (Wildman–Crippen LogP) is 5.27. The van der Waals surface area contributed by atoms with Crippen molar-refractivity contribution >= 4 is 28.8 Å². The maximum Gasteiger partial charge on any atom is 0.319 e. The van der Waals surface area contributed by atoms with Crippen molar-refractivity contribution in [2.24, 2.45) is 0 Å². The molecule has 0 bridgehead atoms. The van der Waals surface area contributed by atoms with Crippen LogP contribution in [0.15, 0.2) is 72.1 Å². The summed E-state index contributed by atoms with van der Waals surface area (Å²) in [7, 11) is 1.39. The first-order chi connectivity index (χ1) is 14.6. The number of fused-ring (bicyclic) bond motifs is 1. The number of halogens is 1. The number of nitrogens with zero attached hydrogens (tertiary/aromatic N) is 3. The van der Waals surface area contributed by atoms with Crippen LogP contribution in [0.1, 0.15) is 13.3 Å². The molecule has 5 nitrogen and oxygen atoms in total. The Labute approximate surface area is 177 Å². The highest BCUT2D eigenvalue weighted by Gasteiger charge is 2.23. The van der Waals surface area contributed by atoms with Crippen molar-refractivity contribution in [1.82, 2.24) is 14.5 Å². The molecular formula is C23H20FN3O2S. The molecule has 2 aromatic heterocycles. The Morgan fingerprint density at radius 3 is 2.53 bits per heavy atom. The monoisotopic (exact) mass is 421 g/mol. The molecule has 7 heteroatoms. The fourth-order valence-corrected chi connectivity index (χ4v) is 4.38. The number of benzene rings is 2. The first kappa shape index (κ1) is 20.1. The summed E-state index contributed by atoms with van der Waals surface area (Å²) in [5, 5.41) is 1.18. The van der Waals surface area contributed by atoms with Crippen LogP contribution in [-0.2, 0) is 9.53 Å². The van der Waals surface area contributed by atoms with Gasteiger partial charge in [0.2, 0.25) is 0 Å². The molecule has 0 aliphatic rings. The standard InChI is InChI=1S/C23H20FN3O2S/c1-3-19(23(28)29-2)30-22-20-18(15-7-5-4-6-8-15)13-27(21(20)25-14-26-22)17-11-9-16(24)10-12-17/h4-14,19H,3H2,1-2H3/t19-/m0/s1. The number of ether oxygens (including phenoxy) is 1. The quantitative estimate of drug-likeness (QED) is 0.241. The Morgan fingerprint density at radius 1 is 1.13 bits per heavy atom. The minimum atomic E-state index is -0.370. The molecule has 0 saturated carbocycles. The number of carbonyl (C=O) groups is 1. The molecule has 0 radical (unpaired) electrons. The van der Waals surface area contributed by atoms with E-state index in [0.717, 1.165) is 22.2 Å². The molecule has 1 atom stereocenters. The predicted molar refractivity (Wildman–Crippen MR) is 116 cm³/mol. The van der Waals surface area contributed by atoms with Gasteiger partial charge in [0.05, 0.1) is 12.5 Å². The van der Waals surface area contributed by atoms with Crippen LogP contribution in [0.3, 0.4) is 0 Å². The molecule has 0 fully saturated rings. The minimum absolute atomic E-state index is 0.284. The van der Waals surface area contributed by atoms with E-state index in [4.69, 9.17) is 4.74 Å². The maximum absolute atomic E-state index is 13.5. The first-order valence-electron chi connectivity index (χ1n) is 9.54. The van der Waals surface area contributed by atoms with Crippen LogP contribution in [0.5, 0.6) is 0 Å². The van der Waals surface area contributed by atoms with Gasteiger partial charge in [0, 0.05) is 17.4 Å². The molecule has 30 heavy (non-hydrogen) atoms. The Hall–Kier alpha value is -3.19. The van der Waals surface area contributed by atoms with Crippen molar-refractivity contribution < 1.29 is 13.9 Å². The Morgan fingerprint density at radius 2 is 1.87 bits per heavy atom. The van der Waals surface area contributed by atoms with Crippen LogP contribution >= 0.6 is 11.8 Å². The maximum atomic E-state index is 13.5. The van der Waals surface area contributed by atoms with Crippen molar-refractivity contribution in [1.29, 1.82) is 0 Å². The second-order valence-corrected chi connectivity index (χ2v) is 7.86. The molecule has 0 amide bonds. The fraction of sp³-hybridized carbons (Fsp3) is 0.174. The van der Waals surface area contributed by atoms with E-state index in [2.05, 4.69) is 9.97 Å². The Kier molecular flexibility index (Phi) is 5.81. The summed E-state index contributed by atoms with van der Waals surface area (Å²) in [6.07, 6.45) is 4.08. The number of rotatable bonds is 6. The molecule has 0 aliphatic carbocycles. The zero-order valence-corrected chi connectivity index (χ0v) is 17.4. The lowest BCUT2D eigenvalue weighted by atomic mass is 10.1. The van der Waals surface area contributed by atoms with Gasteiger partial charge in [0.1, 0.15) is 28.1 Å². The second kappa shape index (κ2) is 8.67. The highest BCUT2D eigenvalue weighted by molar-refractivity contribution is 8.00. The van der Waals surface area contributed by atoms with Crippen molar-refractivity contribution in [2.45, 2.75) is 23.6 Å². The lowest BCUT2D eigenvalue weighted by molar-refractivity contribution is -0.140.